The van der Waals surface area contributed by atoms with Crippen molar-refractivity contribution >= 4 is 12.1 Å². The molecule has 7 heteroatoms. The van der Waals surface area contributed by atoms with E-state index in [2.05, 4.69) is 10.5 Å². The Bertz CT molecular complexity index is 763. The summed E-state index contributed by atoms with van der Waals surface area (Å²) < 4.78 is 29.3. The van der Waals surface area contributed by atoms with Crippen LogP contribution in [0.15, 0.2) is 47.6 Å². The van der Waals surface area contributed by atoms with E-state index < -0.39 is 17.8 Å². The van der Waals surface area contributed by atoms with Crippen LogP contribution in [0.2, 0.25) is 0 Å². The fourth-order valence-corrected chi connectivity index (χ4v) is 2.06. The minimum Gasteiger partial charge on any atom is -0.494 e. The van der Waals surface area contributed by atoms with Gasteiger partial charge in [0.1, 0.15) is 11.5 Å². The van der Waals surface area contributed by atoms with Crippen LogP contribution in [0, 0.1) is 5.82 Å². The molecule has 0 unspecified atom stereocenters. The van der Waals surface area contributed by atoms with Crippen molar-refractivity contribution in [1.29, 1.82) is 0 Å². The Hall–Kier alpha value is -3.09. The van der Waals surface area contributed by atoms with Gasteiger partial charge in [0.2, 0.25) is 0 Å². The summed E-state index contributed by atoms with van der Waals surface area (Å²) >= 11 is 0. The van der Waals surface area contributed by atoms with Gasteiger partial charge in [-0.2, -0.15) is 5.10 Å². The van der Waals surface area contributed by atoms with Crippen LogP contribution in [0.5, 0.6) is 17.2 Å². The van der Waals surface area contributed by atoms with Gasteiger partial charge < -0.3 is 14.2 Å². The van der Waals surface area contributed by atoms with Crippen LogP contribution in [-0.2, 0) is 4.79 Å². The molecule has 0 heterocycles. The first-order valence-corrected chi connectivity index (χ1v) is 8.09. The molecular weight excluding hydrogens is 339 g/mol. The highest BCUT2D eigenvalue weighted by Gasteiger charge is 2.14. The van der Waals surface area contributed by atoms with Crippen molar-refractivity contribution in [2.45, 2.75) is 20.0 Å². The monoisotopic (exact) mass is 360 g/mol. The van der Waals surface area contributed by atoms with Crippen molar-refractivity contribution < 1.29 is 23.4 Å². The summed E-state index contributed by atoms with van der Waals surface area (Å²) in [4.78, 5) is 12.0. The van der Waals surface area contributed by atoms with Gasteiger partial charge in [-0.1, -0.05) is 0 Å². The summed E-state index contributed by atoms with van der Waals surface area (Å²) in [6.45, 7) is 4.08. The van der Waals surface area contributed by atoms with E-state index in [1.54, 1.807) is 37.3 Å². The first kappa shape index (κ1) is 19.2. The van der Waals surface area contributed by atoms with Crippen molar-refractivity contribution in [3.05, 3.63) is 53.8 Å². The fourth-order valence-electron chi connectivity index (χ4n) is 2.06. The zero-order chi connectivity index (χ0) is 18.9. The number of halogens is 1. The second kappa shape index (κ2) is 9.41. The summed E-state index contributed by atoms with van der Waals surface area (Å²) in [6, 6.07) is 11.3. The van der Waals surface area contributed by atoms with Gasteiger partial charge in [-0.3, -0.25) is 4.79 Å². The van der Waals surface area contributed by atoms with Crippen LogP contribution in [0.4, 0.5) is 4.39 Å². The minimum absolute atomic E-state index is 0.142. The summed E-state index contributed by atoms with van der Waals surface area (Å²) in [5, 5.41) is 3.81. The number of nitrogens with one attached hydrogen (secondary N) is 1. The Balaban J connectivity index is 1.87. The van der Waals surface area contributed by atoms with E-state index in [9.17, 15) is 9.18 Å². The van der Waals surface area contributed by atoms with Crippen molar-refractivity contribution in [3.63, 3.8) is 0 Å². The number of methoxy groups -OCH3 is 1. The maximum absolute atomic E-state index is 13.6. The van der Waals surface area contributed by atoms with Crippen molar-refractivity contribution in [2.24, 2.45) is 5.10 Å². The molecule has 138 valence electrons. The summed E-state index contributed by atoms with van der Waals surface area (Å²) in [5.74, 6) is 0.480. The molecule has 0 bridgehead atoms. The number of rotatable bonds is 8. The third kappa shape index (κ3) is 5.47. The predicted molar refractivity (Wildman–Crippen MR) is 96.4 cm³/mol. The maximum atomic E-state index is 13.6. The molecule has 0 aliphatic heterocycles. The first-order chi connectivity index (χ1) is 12.5. The lowest BCUT2D eigenvalue weighted by Crippen LogP contribution is -2.33. The number of hydrogen-bond donors (Lipinski definition) is 1. The average Bonchev–Trinajstić information content (AvgIpc) is 2.63. The lowest BCUT2D eigenvalue weighted by Gasteiger charge is -2.13. The zero-order valence-electron chi connectivity index (χ0n) is 14.9. The number of nitrogens with zero attached hydrogens (tertiary/aromatic N) is 1. The largest absolute Gasteiger partial charge is 0.494 e. The quantitative estimate of drug-likeness (QED) is 0.580. The second-order valence-corrected chi connectivity index (χ2v) is 5.29. The Morgan fingerprint density at radius 1 is 1.23 bits per heavy atom. The van der Waals surface area contributed by atoms with Crippen LogP contribution >= 0.6 is 0 Å². The predicted octanol–water partition coefficient (Wildman–Crippen LogP) is 3.15. The maximum Gasteiger partial charge on any atom is 0.280 e. The summed E-state index contributed by atoms with van der Waals surface area (Å²) in [5.41, 5.74) is 2.85. The lowest BCUT2D eigenvalue weighted by atomic mass is 10.2. The number of carbonyl (C=O) groups is 1. The van der Waals surface area contributed by atoms with Gasteiger partial charge in [-0.05, 0) is 61.9 Å². The highest BCUT2D eigenvalue weighted by Crippen LogP contribution is 2.19. The molecule has 0 fully saturated rings. The number of carbonyl (C=O) groups excluding carboxylic acids is 1. The van der Waals surface area contributed by atoms with E-state index in [0.717, 1.165) is 5.75 Å². The van der Waals surface area contributed by atoms with Crippen LogP contribution < -0.4 is 19.6 Å². The topological polar surface area (TPSA) is 69.2 Å². The highest BCUT2D eigenvalue weighted by molar-refractivity contribution is 5.84. The molecule has 1 atom stereocenters. The summed E-state index contributed by atoms with van der Waals surface area (Å²) in [7, 11) is 1.39. The Kier molecular flexibility index (Phi) is 6.96. The van der Waals surface area contributed by atoms with E-state index in [1.165, 1.54) is 25.5 Å². The molecule has 2 aromatic rings. The average molecular weight is 360 g/mol. The van der Waals surface area contributed by atoms with Gasteiger partial charge in [-0.25, -0.2) is 9.82 Å². The SMILES string of the molecule is CCOc1ccc(O[C@@H](C)C(=O)N/N=C\c2ccc(OC)c(F)c2)cc1. The van der Waals surface area contributed by atoms with Gasteiger partial charge in [0.15, 0.2) is 17.7 Å². The van der Waals surface area contributed by atoms with E-state index in [4.69, 9.17) is 14.2 Å². The minimum atomic E-state index is -0.752. The molecule has 26 heavy (non-hydrogen) atoms. The normalized spacial score (nSPS) is 11.8. The molecule has 2 rings (SSSR count). The molecular formula is C19H21FN2O4. The number of hydrogen-bond acceptors (Lipinski definition) is 5. The van der Waals surface area contributed by atoms with Crippen molar-refractivity contribution in [2.75, 3.05) is 13.7 Å². The van der Waals surface area contributed by atoms with Gasteiger partial charge in [0.25, 0.3) is 5.91 Å². The van der Waals surface area contributed by atoms with Crippen LogP contribution in [0.3, 0.4) is 0 Å². The second-order valence-electron chi connectivity index (χ2n) is 5.29. The van der Waals surface area contributed by atoms with Gasteiger partial charge in [0, 0.05) is 0 Å². The molecule has 2 aromatic carbocycles. The lowest BCUT2D eigenvalue weighted by molar-refractivity contribution is -0.127. The molecule has 0 aliphatic carbocycles. The molecule has 0 spiro atoms. The Morgan fingerprint density at radius 3 is 2.54 bits per heavy atom. The number of ether oxygens (including phenoxy) is 3. The smallest absolute Gasteiger partial charge is 0.280 e. The van der Waals surface area contributed by atoms with E-state index >= 15 is 0 Å². The number of benzene rings is 2. The summed E-state index contributed by atoms with van der Waals surface area (Å²) in [6.07, 6.45) is 0.585. The van der Waals surface area contributed by atoms with Crippen LogP contribution in [-0.4, -0.2) is 31.9 Å². The van der Waals surface area contributed by atoms with Crippen molar-refractivity contribution in [1.82, 2.24) is 5.43 Å². The standard InChI is InChI=1S/C19H21FN2O4/c1-4-25-15-6-8-16(9-7-15)26-13(2)19(23)22-21-12-14-5-10-18(24-3)17(20)11-14/h5-13H,4H2,1-3H3,(H,22,23)/b21-12-/t13-/m0/s1. The van der Waals surface area contributed by atoms with E-state index in [-0.39, 0.29) is 5.75 Å². The van der Waals surface area contributed by atoms with Crippen LogP contribution in [0.25, 0.3) is 0 Å². The zero-order valence-corrected chi connectivity index (χ0v) is 14.9. The third-order valence-corrected chi connectivity index (χ3v) is 3.38. The molecule has 0 aromatic heterocycles. The van der Waals surface area contributed by atoms with Crippen LogP contribution in [0.1, 0.15) is 19.4 Å². The van der Waals surface area contributed by atoms with Gasteiger partial charge in [-0.15, -0.1) is 0 Å². The molecule has 0 radical (unpaired) electrons. The van der Waals surface area contributed by atoms with E-state index in [0.29, 0.717) is 17.9 Å². The van der Waals surface area contributed by atoms with Crippen molar-refractivity contribution in [3.8, 4) is 17.2 Å². The third-order valence-electron chi connectivity index (χ3n) is 3.38. The molecule has 0 saturated carbocycles. The van der Waals surface area contributed by atoms with E-state index in [1.807, 2.05) is 6.92 Å². The first-order valence-electron chi connectivity index (χ1n) is 8.09. The number of hydrazone groups is 1. The molecule has 1 N–H and O–H groups in total. The molecule has 0 saturated heterocycles. The van der Waals surface area contributed by atoms with Gasteiger partial charge >= 0.3 is 0 Å². The van der Waals surface area contributed by atoms with Gasteiger partial charge in [0.05, 0.1) is 19.9 Å². The number of amides is 1. The highest BCUT2D eigenvalue weighted by atomic mass is 19.1. The fraction of sp³-hybridized carbons (Fsp3) is 0.263. The Labute approximate surface area is 151 Å². The molecule has 6 nitrogen and oxygen atoms in total. The molecule has 1 amide bonds. The molecule has 0 aliphatic rings. The Morgan fingerprint density at radius 2 is 1.92 bits per heavy atom.